The number of nitrogens with one attached hydrogen (secondary N) is 1. The van der Waals surface area contributed by atoms with Gasteiger partial charge in [-0.2, -0.15) is 13.2 Å². The first-order chi connectivity index (χ1) is 9.45. The van der Waals surface area contributed by atoms with Gasteiger partial charge in [0.15, 0.2) is 0 Å². The molecule has 0 aliphatic carbocycles. The van der Waals surface area contributed by atoms with Gasteiger partial charge in [0.2, 0.25) is 5.91 Å². The molecule has 1 amide bonds. The first-order valence-corrected chi connectivity index (χ1v) is 6.54. The second-order valence-electron chi connectivity index (χ2n) is 4.80. The van der Waals surface area contributed by atoms with E-state index in [1.54, 1.807) is 0 Å². The van der Waals surface area contributed by atoms with E-state index in [4.69, 9.17) is 4.74 Å². The lowest BCUT2D eigenvalue weighted by Gasteiger charge is -2.10. The average molecular weight is 287 g/mol. The van der Waals surface area contributed by atoms with Crippen LogP contribution in [-0.2, 0) is 15.7 Å². The van der Waals surface area contributed by atoms with Crippen molar-refractivity contribution in [1.82, 2.24) is 0 Å². The minimum Gasteiger partial charge on any atom is -0.378 e. The van der Waals surface area contributed by atoms with Gasteiger partial charge < -0.3 is 10.1 Å². The number of hydrogen-bond acceptors (Lipinski definition) is 2. The van der Waals surface area contributed by atoms with Crippen molar-refractivity contribution in [3.05, 3.63) is 29.8 Å². The Morgan fingerprint density at radius 2 is 2.00 bits per heavy atom. The summed E-state index contributed by atoms with van der Waals surface area (Å²) in [5, 5.41) is 2.58. The molecule has 1 aliphatic heterocycles. The molecule has 0 spiro atoms. The molecule has 0 bridgehead atoms. The molecule has 1 heterocycles. The Bertz CT molecular complexity index is 450. The monoisotopic (exact) mass is 287 g/mol. The molecule has 6 heteroatoms. The second-order valence-corrected chi connectivity index (χ2v) is 4.80. The topological polar surface area (TPSA) is 38.3 Å². The van der Waals surface area contributed by atoms with Crippen LogP contribution in [0, 0.1) is 0 Å². The highest BCUT2D eigenvalue weighted by Gasteiger charge is 2.30. The maximum atomic E-state index is 12.4. The van der Waals surface area contributed by atoms with Crippen LogP contribution in [0.3, 0.4) is 0 Å². The highest BCUT2D eigenvalue weighted by molar-refractivity contribution is 5.90. The number of ether oxygens (including phenoxy) is 1. The average Bonchev–Trinajstić information content (AvgIpc) is 2.89. The lowest BCUT2D eigenvalue weighted by molar-refractivity contribution is -0.137. The number of benzene rings is 1. The van der Waals surface area contributed by atoms with Crippen LogP contribution in [0.4, 0.5) is 18.9 Å². The van der Waals surface area contributed by atoms with Gasteiger partial charge in [0.25, 0.3) is 0 Å². The molecular formula is C14H16F3NO2. The minimum atomic E-state index is -4.36. The van der Waals surface area contributed by atoms with Gasteiger partial charge >= 0.3 is 6.18 Å². The van der Waals surface area contributed by atoms with Crippen molar-refractivity contribution < 1.29 is 22.7 Å². The van der Waals surface area contributed by atoms with E-state index in [9.17, 15) is 18.0 Å². The summed E-state index contributed by atoms with van der Waals surface area (Å²) in [5.74, 6) is -0.208. The van der Waals surface area contributed by atoms with Crippen LogP contribution in [-0.4, -0.2) is 18.6 Å². The highest BCUT2D eigenvalue weighted by atomic mass is 19.4. The molecule has 0 aromatic heterocycles. The number of rotatable bonds is 4. The van der Waals surface area contributed by atoms with Crippen LogP contribution in [0.25, 0.3) is 0 Å². The highest BCUT2D eigenvalue weighted by Crippen LogP contribution is 2.29. The molecule has 2 rings (SSSR count). The lowest BCUT2D eigenvalue weighted by Crippen LogP contribution is -2.15. The number of amides is 1. The first kappa shape index (κ1) is 14.8. The number of anilines is 1. The summed E-state index contributed by atoms with van der Waals surface area (Å²) in [5.41, 5.74) is -0.356. The van der Waals surface area contributed by atoms with Gasteiger partial charge in [0.05, 0.1) is 11.7 Å². The standard InChI is InChI=1S/C14H16F3NO2/c15-14(16,17)10-3-5-11(6-4-10)18-13(19)8-7-12-2-1-9-20-12/h3-6,12H,1-2,7-9H2,(H,18,19). The number of halogens is 3. The number of alkyl halides is 3. The maximum Gasteiger partial charge on any atom is 0.416 e. The number of carbonyl (C=O) groups is 1. The molecule has 1 unspecified atom stereocenters. The molecule has 1 aromatic rings. The Balaban J connectivity index is 1.81. The van der Waals surface area contributed by atoms with E-state index < -0.39 is 11.7 Å². The van der Waals surface area contributed by atoms with Crippen LogP contribution in [0.5, 0.6) is 0 Å². The zero-order chi connectivity index (χ0) is 14.6. The fourth-order valence-corrected chi connectivity index (χ4v) is 2.13. The Hall–Kier alpha value is -1.56. The van der Waals surface area contributed by atoms with Crippen molar-refractivity contribution in [2.45, 2.75) is 38.0 Å². The second kappa shape index (κ2) is 6.26. The molecule has 1 aromatic carbocycles. The Morgan fingerprint density at radius 1 is 1.30 bits per heavy atom. The summed E-state index contributed by atoms with van der Waals surface area (Å²) in [4.78, 5) is 11.7. The van der Waals surface area contributed by atoms with E-state index in [0.717, 1.165) is 31.6 Å². The van der Waals surface area contributed by atoms with Crippen LogP contribution in [0.15, 0.2) is 24.3 Å². The van der Waals surface area contributed by atoms with Crippen molar-refractivity contribution in [2.75, 3.05) is 11.9 Å². The van der Waals surface area contributed by atoms with Crippen molar-refractivity contribution in [3.63, 3.8) is 0 Å². The van der Waals surface area contributed by atoms with Crippen LogP contribution in [0.2, 0.25) is 0 Å². The molecule has 0 saturated carbocycles. The van der Waals surface area contributed by atoms with Crippen LogP contribution in [0.1, 0.15) is 31.2 Å². The van der Waals surface area contributed by atoms with Gasteiger partial charge in [-0.1, -0.05) is 0 Å². The summed E-state index contributed by atoms with van der Waals surface area (Å²) in [7, 11) is 0. The van der Waals surface area contributed by atoms with E-state index in [1.807, 2.05) is 0 Å². The molecule has 1 N–H and O–H groups in total. The van der Waals surface area contributed by atoms with Gasteiger partial charge in [-0.15, -0.1) is 0 Å². The van der Waals surface area contributed by atoms with Crippen molar-refractivity contribution in [2.24, 2.45) is 0 Å². The number of carbonyl (C=O) groups excluding carboxylic acids is 1. The van der Waals surface area contributed by atoms with Gasteiger partial charge in [0, 0.05) is 18.7 Å². The third-order valence-electron chi connectivity index (χ3n) is 3.21. The Morgan fingerprint density at radius 3 is 2.55 bits per heavy atom. The van der Waals surface area contributed by atoms with Gasteiger partial charge in [-0.3, -0.25) is 4.79 Å². The van der Waals surface area contributed by atoms with Crippen molar-refractivity contribution in [1.29, 1.82) is 0 Å². The SMILES string of the molecule is O=C(CCC1CCCO1)Nc1ccc(C(F)(F)F)cc1. The van der Waals surface area contributed by atoms with E-state index in [-0.39, 0.29) is 12.0 Å². The Labute approximate surface area is 115 Å². The van der Waals surface area contributed by atoms with E-state index in [1.165, 1.54) is 12.1 Å². The third-order valence-corrected chi connectivity index (χ3v) is 3.21. The predicted molar refractivity (Wildman–Crippen MR) is 68.3 cm³/mol. The molecule has 1 atom stereocenters. The van der Waals surface area contributed by atoms with Crippen LogP contribution >= 0.6 is 0 Å². The predicted octanol–water partition coefficient (Wildman–Crippen LogP) is 3.60. The smallest absolute Gasteiger partial charge is 0.378 e. The van der Waals surface area contributed by atoms with E-state index in [0.29, 0.717) is 18.5 Å². The minimum absolute atomic E-state index is 0.133. The fourth-order valence-electron chi connectivity index (χ4n) is 2.13. The largest absolute Gasteiger partial charge is 0.416 e. The summed E-state index contributed by atoms with van der Waals surface area (Å²) < 4.78 is 42.5. The summed E-state index contributed by atoms with van der Waals surface area (Å²) in [6.07, 6.45) is -1.28. The van der Waals surface area contributed by atoms with Gasteiger partial charge in [-0.05, 0) is 43.5 Å². The third kappa shape index (κ3) is 4.23. The van der Waals surface area contributed by atoms with Gasteiger partial charge in [-0.25, -0.2) is 0 Å². The molecule has 1 aliphatic rings. The normalized spacial score (nSPS) is 19.1. The molecular weight excluding hydrogens is 271 g/mol. The summed E-state index contributed by atoms with van der Waals surface area (Å²) >= 11 is 0. The quantitative estimate of drug-likeness (QED) is 0.918. The maximum absolute atomic E-state index is 12.4. The lowest BCUT2D eigenvalue weighted by atomic mass is 10.1. The zero-order valence-corrected chi connectivity index (χ0v) is 10.9. The molecule has 0 radical (unpaired) electrons. The molecule has 1 fully saturated rings. The van der Waals surface area contributed by atoms with Crippen molar-refractivity contribution in [3.8, 4) is 0 Å². The summed E-state index contributed by atoms with van der Waals surface area (Å²) in [6.45, 7) is 0.741. The molecule has 20 heavy (non-hydrogen) atoms. The zero-order valence-electron chi connectivity index (χ0n) is 10.9. The summed E-state index contributed by atoms with van der Waals surface area (Å²) in [6, 6.07) is 4.42. The van der Waals surface area contributed by atoms with Crippen molar-refractivity contribution >= 4 is 11.6 Å². The van der Waals surface area contributed by atoms with Gasteiger partial charge in [0.1, 0.15) is 0 Å². The molecule has 110 valence electrons. The first-order valence-electron chi connectivity index (χ1n) is 6.54. The van der Waals surface area contributed by atoms with Crippen LogP contribution < -0.4 is 5.32 Å². The Kier molecular flexibility index (Phi) is 4.65. The van der Waals surface area contributed by atoms with E-state index >= 15 is 0 Å². The molecule has 3 nitrogen and oxygen atoms in total. The number of hydrogen-bond donors (Lipinski definition) is 1. The molecule has 1 saturated heterocycles. The van der Waals surface area contributed by atoms with E-state index in [2.05, 4.69) is 5.32 Å². The fraction of sp³-hybridized carbons (Fsp3) is 0.500.